The quantitative estimate of drug-likeness (QED) is 0.0423. The Kier molecular flexibility index (Phi) is 31.2. The molecule has 0 fully saturated rings. The van der Waals surface area contributed by atoms with Crippen molar-refractivity contribution in [3.05, 3.63) is 0 Å². The summed E-state index contributed by atoms with van der Waals surface area (Å²) < 4.78 is 10.8. The lowest BCUT2D eigenvalue weighted by Gasteiger charge is -2.13. The number of rotatable bonds is 35. The van der Waals surface area contributed by atoms with Gasteiger partial charge in [-0.3, -0.25) is 19.2 Å². The monoisotopic (exact) mass is 684 g/mol. The molecule has 3 amide bonds. The summed E-state index contributed by atoms with van der Waals surface area (Å²) in [5.74, 6) is -1.08. The smallest absolute Gasteiger partial charge is 0.303 e. The van der Waals surface area contributed by atoms with Crippen molar-refractivity contribution >= 4 is 37.2 Å². The van der Waals surface area contributed by atoms with E-state index >= 15 is 0 Å². The van der Waals surface area contributed by atoms with E-state index in [0.29, 0.717) is 65.0 Å². The first-order valence-corrected chi connectivity index (χ1v) is 18.3. The molecule has 0 aliphatic carbocycles. The van der Waals surface area contributed by atoms with E-state index in [4.69, 9.17) is 26.0 Å². The number of carboxylic acid groups (broad SMARTS) is 1. The van der Waals surface area contributed by atoms with Crippen molar-refractivity contribution in [1.82, 2.24) is 16.0 Å². The average molecular weight is 684 g/mol. The molecule has 1 unspecified atom stereocenters. The van der Waals surface area contributed by atoms with Crippen molar-refractivity contribution in [3.8, 4) is 0 Å². The van der Waals surface area contributed by atoms with Crippen LogP contribution in [-0.4, -0.2) is 100 Å². The van der Waals surface area contributed by atoms with E-state index in [-0.39, 0.29) is 43.0 Å². The SMILES string of the molecule is BC(=O)C(N)CCCCNC(=O)[C@@H](N)CCCCNC(=O)COCCOCCNC(=O)CCCCCCCCCCCCCCC(=O)O. The van der Waals surface area contributed by atoms with Crippen molar-refractivity contribution in [2.45, 2.75) is 141 Å². The second-order valence-corrected chi connectivity index (χ2v) is 12.6. The predicted molar refractivity (Wildman–Crippen MR) is 190 cm³/mol. The van der Waals surface area contributed by atoms with Crippen molar-refractivity contribution in [3.63, 3.8) is 0 Å². The van der Waals surface area contributed by atoms with Gasteiger partial charge in [0.15, 0.2) is 7.85 Å². The Morgan fingerprint density at radius 1 is 0.542 bits per heavy atom. The average Bonchev–Trinajstić information content (AvgIpc) is 3.05. The van der Waals surface area contributed by atoms with Gasteiger partial charge in [-0.05, 0) is 51.4 Å². The van der Waals surface area contributed by atoms with Gasteiger partial charge in [0.25, 0.3) is 0 Å². The first-order chi connectivity index (χ1) is 23.1. The lowest BCUT2D eigenvalue weighted by Crippen LogP contribution is -2.41. The van der Waals surface area contributed by atoms with Gasteiger partial charge in [-0.1, -0.05) is 64.2 Å². The molecule has 2 atom stereocenters. The molecule has 0 radical (unpaired) electrons. The molecule has 0 heterocycles. The number of carbonyl (C=O) groups excluding carboxylic acids is 4. The van der Waals surface area contributed by atoms with E-state index in [0.717, 1.165) is 51.4 Å². The van der Waals surface area contributed by atoms with Gasteiger partial charge in [-0.2, -0.15) is 0 Å². The molecule has 0 aromatic heterocycles. The highest BCUT2D eigenvalue weighted by Crippen LogP contribution is 2.13. The van der Waals surface area contributed by atoms with Gasteiger partial charge < -0.3 is 46.8 Å². The van der Waals surface area contributed by atoms with Gasteiger partial charge in [-0.15, -0.1) is 0 Å². The number of hydrogen-bond acceptors (Lipinski definition) is 9. The number of amides is 3. The molecule has 0 aliphatic rings. The third kappa shape index (κ3) is 32.0. The molecule has 13 nitrogen and oxygen atoms in total. The molecular formula is C34H66BN5O8. The highest BCUT2D eigenvalue weighted by Gasteiger charge is 2.13. The van der Waals surface area contributed by atoms with Crippen LogP contribution < -0.4 is 27.4 Å². The summed E-state index contributed by atoms with van der Waals surface area (Å²) in [5, 5.41) is 17.1. The molecule has 14 heteroatoms. The lowest BCUT2D eigenvalue weighted by atomic mass is 9.92. The minimum absolute atomic E-state index is 0.0299. The first-order valence-electron chi connectivity index (χ1n) is 18.3. The zero-order valence-electron chi connectivity index (χ0n) is 29.7. The van der Waals surface area contributed by atoms with E-state index in [1.165, 1.54) is 46.4 Å². The highest BCUT2D eigenvalue weighted by atomic mass is 16.5. The molecule has 0 aromatic carbocycles. The minimum atomic E-state index is -0.701. The minimum Gasteiger partial charge on any atom is -0.481 e. The largest absolute Gasteiger partial charge is 0.481 e. The second kappa shape index (κ2) is 33.0. The summed E-state index contributed by atoms with van der Waals surface area (Å²) in [6, 6.07) is -1.03. The molecule has 0 bridgehead atoms. The standard InChI is InChI=1S/C34H66BN5O8/c35-33(45)28(36)17-13-16-22-40-34(46)29(37)18-14-15-21-38-31(42)27-48-26-25-47-24-23-39-30(41)19-11-9-7-5-3-1-2-4-6-8-10-12-20-32(43)44/h28-29H,1-27,35-37H2,(H,38,42)(H,39,41)(H,40,46)(H,43,44)/t28?,29-/m0/s1. The fraction of sp³-hybridized carbons (Fsp3) is 0.853. The molecule has 278 valence electrons. The number of carbonyl (C=O) groups is 5. The molecule has 0 spiro atoms. The Bertz CT molecular complexity index is 867. The predicted octanol–water partition coefficient (Wildman–Crippen LogP) is 2.07. The van der Waals surface area contributed by atoms with Crippen LogP contribution in [0, 0.1) is 0 Å². The van der Waals surface area contributed by atoms with Gasteiger partial charge in [0.05, 0.1) is 37.6 Å². The number of aliphatic carboxylic acids is 1. The molecule has 0 saturated carbocycles. The molecule has 0 aliphatic heterocycles. The van der Waals surface area contributed by atoms with Crippen LogP contribution in [0.15, 0.2) is 0 Å². The van der Waals surface area contributed by atoms with Gasteiger partial charge in [0, 0.05) is 32.5 Å². The van der Waals surface area contributed by atoms with E-state index in [1.54, 1.807) is 0 Å². The van der Waals surface area contributed by atoms with Crippen LogP contribution in [0.2, 0.25) is 0 Å². The summed E-state index contributed by atoms with van der Waals surface area (Å²) in [7, 11) is 1.48. The molecule has 8 N–H and O–H groups in total. The number of hydrogen-bond donors (Lipinski definition) is 6. The maximum absolute atomic E-state index is 12.1. The number of nitrogens with one attached hydrogen (secondary N) is 3. The van der Waals surface area contributed by atoms with Gasteiger partial charge in [0.1, 0.15) is 6.61 Å². The van der Waals surface area contributed by atoms with E-state index in [1.807, 2.05) is 0 Å². The fourth-order valence-electron chi connectivity index (χ4n) is 5.00. The lowest BCUT2D eigenvalue weighted by molar-refractivity contribution is -0.137. The summed E-state index contributed by atoms with van der Waals surface area (Å²) >= 11 is 0. The number of nitrogens with two attached hydrogens (primary N) is 2. The van der Waals surface area contributed by atoms with E-state index in [9.17, 15) is 24.0 Å². The summed E-state index contributed by atoms with van der Waals surface area (Å²) in [6.07, 6.45) is 18.3. The third-order valence-electron chi connectivity index (χ3n) is 8.08. The van der Waals surface area contributed by atoms with E-state index < -0.39 is 18.1 Å². The Balaban J connectivity index is 3.43. The number of carboxylic acids is 1. The highest BCUT2D eigenvalue weighted by molar-refractivity contribution is 6.59. The maximum atomic E-state index is 12.1. The third-order valence-corrected chi connectivity index (χ3v) is 8.08. The maximum Gasteiger partial charge on any atom is 0.303 e. The zero-order chi connectivity index (χ0) is 35.7. The Morgan fingerprint density at radius 2 is 1.02 bits per heavy atom. The van der Waals surface area contributed by atoms with Crippen LogP contribution in [0.25, 0.3) is 0 Å². The van der Waals surface area contributed by atoms with Crippen molar-refractivity contribution in [2.24, 2.45) is 11.5 Å². The van der Waals surface area contributed by atoms with E-state index in [2.05, 4.69) is 16.0 Å². The zero-order valence-corrected chi connectivity index (χ0v) is 29.7. The Hall–Kier alpha value is -2.55. The van der Waals surface area contributed by atoms with Gasteiger partial charge in [0.2, 0.25) is 17.7 Å². The molecule has 48 heavy (non-hydrogen) atoms. The molecule has 0 saturated heterocycles. The fourth-order valence-corrected chi connectivity index (χ4v) is 5.00. The van der Waals surface area contributed by atoms with Crippen LogP contribution in [0.3, 0.4) is 0 Å². The molecule has 0 aromatic rings. The molecule has 0 rings (SSSR count). The Labute approximate surface area is 289 Å². The van der Waals surface area contributed by atoms with Crippen LogP contribution in [-0.2, 0) is 33.4 Å². The first kappa shape index (κ1) is 45.5. The van der Waals surface area contributed by atoms with Crippen molar-refractivity contribution < 1.29 is 38.6 Å². The topological polar surface area (TPSA) is 212 Å². The Morgan fingerprint density at radius 3 is 1.58 bits per heavy atom. The van der Waals surface area contributed by atoms with Crippen LogP contribution >= 0.6 is 0 Å². The normalized spacial score (nSPS) is 12.3. The van der Waals surface area contributed by atoms with Crippen molar-refractivity contribution in [1.29, 1.82) is 0 Å². The summed E-state index contributed by atoms with van der Waals surface area (Å²) in [5.41, 5.74) is 11.6. The molecular weight excluding hydrogens is 617 g/mol. The van der Waals surface area contributed by atoms with Gasteiger partial charge in [-0.25, -0.2) is 0 Å². The van der Waals surface area contributed by atoms with Crippen LogP contribution in [0.1, 0.15) is 128 Å². The summed E-state index contributed by atoms with van der Waals surface area (Å²) in [6.45, 7) is 2.37. The number of ether oxygens (including phenoxy) is 2. The number of unbranched alkanes of at least 4 members (excludes halogenated alkanes) is 13. The van der Waals surface area contributed by atoms with Crippen LogP contribution in [0.5, 0.6) is 0 Å². The van der Waals surface area contributed by atoms with Crippen molar-refractivity contribution in [2.75, 3.05) is 46.1 Å². The summed E-state index contributed by atoms with van der Waals surface area (Å²) in [4.78, 5) is 57.5. The second-order valence-electron chi connectivity index (χ2n) is 12.6. The van der Waals surface area contributed by atoms with Crippen LogP contribution in [0.4, 0.5) is 0 Å². The van der Waals surface area contributed by atoms with Gasteiger partial charge >= 0.3 is 5.97 Å².